The van der Waals surface area contributed by atoms with Crippen LogP contribution in [-0.2, 0) is 11.2 Å². The summed E-state index contributed by atoms with van der Waals surface area (Å²) < 4.78 is 27.1. The minimum atomic E-state index is -2.84. The Morgan fingerprint density at radius 2 is 1.79 bits per heavy atom. The molecule has 6 nitrogen and oxygen atoms in total. The van der Waals surface area contributed by atoms with E-state index in [0.717, 1.165) is 27.2 Å². The molecule has 1 saturated heterocycles. The van der Waals surface area contributed by atoms with Crippen molar-refractivity contribution in [2.24, 2.45) is 0 Å². The second kappa shape index (κ2) is 8.39. The van der Waals surface area contributed by atoms with Crippen molar-refractivity contribution in [2.75, 3.05) is 6.54 Å². The number of carbonyl (C=O) groups is 3. The van der Waals surface area contributed by atoms with Gasteiger partial charge in [-0.1, -0.05) is 36.4 Å². The first kappa shape index (κ1) is 22.6. The lowest BCUT2D eigenvalue weighted by Crippen LogP contribution is -2.51. The first-order valence-electron chi connectivity index (χ1n) is 10.8. The Bertz CT molecular complexity index is 1180. The first-order valence-corrected chi connectivity index (χ1v) is 10.8. The largest absolute Gasteiger partial charge is 0.325 e. The van der Waals surface area contributed by atoms with Crippen LogP contribution in [-0.4, -0.2) is 40.6 Å². The number of alkyl halides is 2. The molecular weight excluding hydrogens is 428 g/mol. The van der Waals surface area contributed by atoms with E-state index in [9.17, 15) is 23.2 Å². The number of urea groups is 1. The van der Waals surface area contributed by atoms with E-state index >= 15 is 0 Å². The maximum absolute atomic E-state index is 13.5. The molecule has 1 saturated carbocycles. The summed E-state index contributed by atoms with van der Waals surface area (Å²) in [6.07, 6.45) is -0.990. The van der Waals surface area contributed by atoms with Crippen LogP contribution in [0.3, 0.4) is 0 Å². The summed E-state index contributed by atoms with van der Waals surface area (Å²) in [7, 11) is 0. The minimum absolute atomic E-state index is 0.148. The summed E-state index contributed by atoms with van der Waals surface area (Å²) in [5.41, 5.74) is 2.48. The Balaban J connectivity index is 1.52. The Morgan fingerprint density at radius 3 is 2.45 bits per heavy atom. The fourth-order valence-electron chi connectivity index (χ4n) is 4.60. The Morgan fingerprint density at radius 1 is 1.09 bits per heavy atom. The molecule has 3 amide bonds. The topological polar surface area (TPSA) is 90.3 Å². The van der Waals surface area contributed by atoms with E-state index in [-0.39, 0.29) is 19.3 Å². The first-order chi connectivity index (χ1) is 15.7. The number of ketones is 1. The van der Waals surface area contributed by atoms with Gasteiger partial charge in [0.25, 0.3) is 5.91 Å². The molecule has 2 fully saturated rings. The van der Waals surface area contributed by atoms with E-state index in [1.54, 1.807) is 18.2 Å². The number of nitrogens with zero attached hydrogens (tertiary/aromatic N) is 2. The summed E-state index contributed by atoms with van der Waals surface area (Å²) >= 11 is 0. The van der Waals surface area contributed by atoms with Gasteiger partial charge in [0.2, 0.25) is 5.92 Å². The smallest absolute Gasteiger partial charge is 0.323 e. The van der Waals surface area contributed by atoms with Crippen LogP contribution in [0.5, 0.6) is 0 Å². The summed E-state index contributed by atoms with van der Waals surface area (Å²) in [6.45, 7) is 1.40. The number of amides is 3. The van der Waals surface area contributed by atoms with Crippen molar-refractivity contribution in [1.82, 2.24) is 10.2 Å². The van der Waals surface area contributed by atoms with Crippen LogP contribution in [0.25, 0.3) is 11.1 Å². The second-order valence-corrected chi connectivity index (χ2v) is 8.70. The highest BCUT2D eigenvalue weighted by atomic mass is 19.3. The van der Waals surface area contributed by atoms with Gasteiger partial charge in [-0.05, 0) is 48.1 Å². The van der Waals surface area contributed by atoms with Gasteiger partial charge in [0.1, 0.15) is 5.54 Å². The normalized spacial score (nSPS) is 18.8. The fourth-order valence-corrected chi connectivity index (χ4v) is 4.60. The standard InChI is InChI=1S/C25H23F2N3O3/c1-16-14-18(6-7-19(16)20-5-3-2-4-17(20)8-13-28)21(31)15-30-22(32)24(29-23(30)33)9-11-25(26,27)12-10-24/h2-7,14H,8-12,15H2,1H3,(H,29,33). The third kappa shape index (κ3) is 4.23. The second-order valence-electron chi connectivity index (χ2n) is 8.70. The molecule has 0 bridgehead atoms. The Hall–Kier alpha value is -3.60. The number of Topliss-reactive ketones (excluding diaryl/α,β-unsaturated/α-hetero) is 1. The van der Waals surface area contributed by atoms with Gasteiger partial charge in [-0.25, -0.2) is 13.6 Å². The van der Waals surface area contributed by atoms with Crippen LogP contribution in [0.4, 0.5) is 13.6 Å². The third-order valence-electron chi connectivity index (χ3n) is 6.51. The zero-order valence-electron chi connectivity index (χ0n) is 18.2. The van der Waals surface area contributed by atoms with Crippen molar-refractivity contribution in [3.8, 4) is 17.2 Å². The fraction of sp³-hybridized carbons (Fsp3) is 0.360. The summed E-state index contributed by atoms with van der Waals surface area (Å²) in [5, 5.41) is 11.6. The molecule has 0 atom stereocenters. The number of hydrogen-bond donors (Lipinski definition) is 1. The van der Waals surface area contributed by atoms with Gasteiger partial charge < -0.3 is 5.32 Å². The van der Waals surface area contributed by atoms with Gasteiger partial charge in [0, 0.05) is 18.4 Å². The summed E-state index contributed by atoms with van der Waals surface area (Å²) in [6, 6.07) is 14.1. The molecule has 8 heteroatoms. The molecule has 1 aliphatic heterocycles. The molecule has 1 N–H and O–H groups in total. The van der Waals surface area contributed by atoms with Crippen LogP contribution >= 0.6 is 0 Å². The SMILES string of the molecule is Cc1cc(C(=O)CN2C(=O)NC3(CCC(F)(F)CC3)C2=O)ccc1-c1ccccc1CC#N. The molecular formula is C25H23F2N3O3. The maximum atomic E-state index is 13.5. The van der Waals surface area contributed by atoms with E-state index < -0.39 is 48.6 Å². The number of aryl methyl sites for hydroxylation is 1. The number of halogens is 2. The lowest BCUT2D eigenvalue weighted by Gasteiger charge is -2.34. The predicted molar refractivity (Wildman–Crippen MR) is 117 cm³/mol. The van der Waals surface area contributed by atoms with Crippen molar-refractivity contribution < 1.29 is 23.2 Å². The van der Waals surface area contributed by atoms with Crippen LogP contribution in [0.2, 0.25) is 0 Å². The molecule has 2 aromatic rings. The quantitative estimate of drug-likeness (QED) is 0.539. The molecule has 0 unspecified atom stereocenters. The van der Waals surface area contributed by atoms with Crippen molar-refractivity contribution in [1.29, 1.82) is 5.26 Å². The predicted octanol–water partition coefficient (Wildman–Crippen LogP) is 4.41. The average molecular weight is 451 g/mol. The number of hydrogen-bond acceptors (Lipinski definition) is 4. The Labute approximate surface area is 190 Å². The van der Waals surface area contributed by atoms with Crippen LogP contribution in [0.15, 0.2) is 42.5 Å². The van der Waals surface area contributed by atoms with Gasteiger partial charge in [-0.3, -0.25) is 14.5 Å². The summed E-state index contributed by atoms with van der Waals surface area (Å²) in [4.78, 5) is 39.0. The van der Waals surface area contributed by atoms with Gasteiger partial charge in [-0.15, -0.1) is 0 Å². The maximum Gasteiger partial charge on any atom is 0.325 e. The van der Waals surface area contributed by atoms with Crippen LogP contribution in [0.1, 0.15) is 47.2 Å². The highest BCUT2D eigenvalue weighted by Crippen LogP contribution is 2.41. The zero-order valence-corrected chi connectivity index (χ0v) is 18.2. The number of imide groups is 1. The van der Waals surface area contributed by atoms with Gasteiger partial charge in [0.15, 0.2) is 5.78 Å². The molecule has 1 aliphatic carbocycles. The van der Waals surface area contributed by atoms with Crippen molar-refractivity contribution >= 4 is 17.7 Å². The zero-order chi connectivity index (χ0) is 23.8. The van der Waals surface area contributed by atoms with Crippen LogP contribution in [0, 0.1) is 18.3 Å². The van der Waals surface area contributed by atoms with E-state index in [2.05, 4.69) is 11.4 Å². The highest BCUT2D eigenvalue weighted by Gasteiger charge is 2.55. The van der Waals surface area contributed by atoms with E-state index in [1.807, 2.05) is 31.2 Å². The molecule has 0 radical (unpaired) electrons. The monoisotopic (exact) mass is 451 g/mol. The van der Waals surface area contributed by atoms with Gasteiger partial charge in [-0.2, -0.15) is 5.26 Å². The molecule has 4 rings (SSSR count). The molecule has 2 aliphatic rings. The molecule has 1 spiro atoms. The van der Waals surface area contributed by atoms with E-state index in [1.165, 1.54) is 0 Å². The minimum Gasteiger partial charge on any atom is -0.323 e. The molecule has 1 heterocycles. The van der Waals surface area contributed by atoms with Crippen LogP contribution < -0.4 is 5.32 Å². The third-order valence-corrected chi connectivity index (χ3v) is 6.51. The molecule has 2 aromatic carbocycles. The van der Waals surface area contributed by atoms with Gasteiger partial charge >= 0.3 is 6.03 Å². The van der Waals surface area contributed by atoms with Crippen molar-refractivity contribution in [3.05, 3.63) is 59.2 Å². The number of carbonyl (C=O) groups excluding carboxylic acids is 3. The average Bonchev–Trinajstić information content (AvgIpc) is 3.01. The van der Waals surface area contributed by atoms with E-state index in [0.29, 0.717) is 5.56 Å². The number of rotatable bonds is 5. The van der Waals surface area contributed by atoms with Crippen molar-refractivity contribution in [2.45, 2.75) is 50.5 Å². The van der Waals surface area contributed by atoms with Crippen molar-refractivity contribution in [3.63, 3.8) is 0 Å². The number of benzene rings is 2. The summed E-state index contributed by atoms with van der Waals surface area (Å²) in [5.74, 6) is -3.88. The van der Waals surface area contributed by atoms with E-state index in [4.69, 9.17) is 5.26 Å². The molecule has 170 valence electrons. The lowest BCUT2D eigenvalue weighted by atomic mass is 9.80. The Kier molecular flexibility index (Phi) is 5.75. The lowest BCUT2D eigenvalue weighted by molar-refractivity contribution is -0.135. The molecule has 33 heavy (non-hydrogen) atoms. The number of nitrogens with one attached hydrogen (secondary N) is 1. The van der Waals surface area contributed by atoms with Gasteiger partial charge in [0.05, 0.1) is 19.0 Å². The highest BCUT2D eigenvalue weighted by molar-refractivity contribution is 6.11. The molecule has 0 aromatic heterocycles. The number of nitriles is 1.